The van der Waals surface area contributed by atoms with Crippen LogP contribution in [0.3, 0.4) is 0 Å². The molecule has 2 rings (SSSR count). The minimum absolute atomic E-state index is 0.0209. The molecule has 0 fully saturated rings. The van der Waals surface area contributed by atoms with Gasteiger partial charge in [0.15, 0.2) is 18.1 Å². The molecule has 0 amide bonds. The third-order valence-electron chi connectivity index (χ3n) is 4.09. The molecule has 0 aliphatic carbocycles. The zero-order valence-corrected chi connectivity index (χ0v) is 16.7. The summed E-state index contributed by atoms with van der Waals surface area (Å²) in [5.74, 6) is -1.60. The van der Waals surface area contributed by atoms with Crippen molar-refractivity contribution in [3.63, 3.8) is 0 Å². The summed E-state index contributed by atoms with van der Waals surface area (Å²) in [6, 6.07) is 4.56. The van der Waals surface area contributed by atoms with Crippen molar-refractivity contribution in [2.24, 2.45) is 0 Å². The maximum Gasteiger partial charge on any atom is 0.340 e. The first-order valence-corrected chi connectivity index (χ1v) is 8.89. The minimum atomic E-state index is -0.729. The van der Waals surface area contributed by atoms with Crippen molar-refractivity contribution < 1.29 is 33.7 Å². The summed E-state index contributed by atoms with van der Waals surface area (Å²) >= 11 is 0. The van der Waals surface area contributed by atoms with Crippen LogP contribution in [0.1, 0.15) is 44.6 Å². The first-order chi connectivity index (χ1) is 13.8. The number of phenols is 1. The van der Waals surface area contributed by atoms with Gasteiger partial charge in [-0.15, -0.1) is 0 Å². The van der Waals surface area contributed by atoms with Crippen LogP contribution in [0.5, 0.6) is 11.5 Å². The Morgan fingerprint density at radius 1 is 1.10 bits per heavy atom. The van der Waals surface area contributed by atoms with E-state index >= 15 is 0 Å². The molecule has 0 atom stereocenters. The summed E-state index contributed by atoms with van der Waals surface area (Å²) in [5.41, 5.74) is 1.91. The number of phenolic OH excluding ortho intramolecular Hbond substituents is 1. The number of methoxy groups -OCH3 is 1. The van der Waals surface area contributed by atoms with Gasteiger partial charge in [0, 0.05) is 17.5 Å². The molecule has 0 aliphatic heterocycles. The average Bonchev–Trinajstić information content (AvgIpc) is 2.99. The predicted octanol–water partition coefficient (Wildman–Crippen LogP) is 2.96. The van der Waals surface area contributed by atoms with Crippen molar-refractivity contribution in [2.75, 3.05) is 20.3 Å². The molecule has 1 aromatic carbocycles. The highest BCUT2D eigenvalue weighted by Gasteiger charge is 2.25. The van der Waals surface area contributed by atoms with Gasteiger partial charge in [0.05, 0.1) is 24.8 Å². The van der Waals surface area contributed by atoms with Gasteiger partial charge < -0.3 is 24.3 Å². The molecule has 2 aromatic rings. The Morgan fingerprint density at radius 2 is 1.79 bits per heavy atom. The zero-order valence-electron chi connectivity index (χ0n) is 16.7. The number of hydrogen-bond donors (Lipinski definition) is 2. The van der Waals surface area contributed by atoms with E-state index in [1.807, 2.05) is 0 Å². The quantitative estimate of drug-likeness (QED) is 0.397. The van der Waals surface area contributed by atoms with Gasteiger partial charge in [-0.05, 0) is 44.5 Å². The van der Waals surface area contributed by atoms with Gasteiger partial charge in [0.2, 0.25) is 5.78 Å². The highest BCUT2D eigenvalue weighted by Crippen LogP contribution is 2.26. The Hall–Kier alpha value is -3.55. The summed E-state index contributed by atoms with van der Waals surface area (Å²) in [6.07, 6.45) is 2.62. The van der Waals surface area contributed by atoms with Crippen molar-refractivity contribution in [3.05, 3.63) is 52.4 Å². The smallest absolute Gasteiger partial charge is 0.340 e. The second-order valence-corrected chi connectivity index (χ2v) is 6.14. The van der Waals surface area contributed by atoms with Crippen LogP contribution < -0.4 is 4.74 Å². The summed E-state index contributed by atoms with van der Waals surface area (Å²) in [5, 5.41) is 9.57. The molecule has 1 heterocycles. The monoisotopic (exact) mass is 401 g/mol. The summed E-state index contributed by atoms with van der Waals surface area (Å²) in [4.78, 5) is 39.6. The van der Waals surface area contributed by atoms with Gasteiger partial charge in [0.25, 0.3) is 0 Å². The van der Waals surface area contributed by atoms with Crippen LogP contribution in [0.15, 0.2) is 24.3 Å². The van der Waals surface area contributed by atoms with Gasteiger partial charge >= 0.3 is 11.9 Å². The first kappa shape index (κ1) is 21.7. The fourth-order valence-corrected chi connectivity index (χ4v) is 2.81. The van der Waals surface area contributed by atoms with Crippen molar-refractivity contribution in [2.45, 2.75) is 20.8 Å². The zero-order chi connectivity index (χ0) is 21.6. The van der Waals surface area contributed by atoms with Gasteiger partial charge in [-0.1, -0.05) is 6.07 Å². The number of hydrogen-bond acceptors (Lipinski definition) is 7. The fourth-order valence-electron chi connectivity index (χ4n) is 2.81. The van der Waals surface area contributed by atoms with E-state index in [0.29, 0.717) is 17.0 Å². The number of Topliss-reactive ketones (excluding diaryl/α,β-unsaturated/α-hetero) is 1. The number of nitrogens with one attached hydrogen (secondary N) is 1. The maximum absolute atomic E-state index is 12.5. The van der Waals surface area contributed by atoms with Gasteiger partial charge in [0.1, 0.15) is 0 Å². The molecule has 0 radical (unpaired) electrons. The molecule has 1 aromatic heterocycles. The number of aromatic hydroxyl groups is 1. The topological polar surface area (TPSA) is 115 Å². The second-order valence-electron chi connectivity index (χ2n) is 6.14. The van der Waals surface area contributed by atoms with Crippen LogP contribution >= 0.6 is 0 Å². The molecule has 0 aliphatic rings. The molecule has 29 heavy (non-hydrogen) atoms. The molecular weight excluding hydrogens is 378 g/mol. The van der Waals surface area contributed by atoms with Crippen molar-refractivity contribution in [1.82, 2.24) is 4.98 Å². The molecular formula is C21H23NO7. The lowest BCUT2D eigenvalue weighted by Crippen LogP contribution is -2.17. The largest absolute Gasteiger partial charge is 0.504 e. The highest BCUT2D eigenvalue weighted by atomic mass is 16.5. The van der Waals surface area contributed by atoms with Gasteiger partial charge in [-0.2, -0.15) is 0 Å². The highest BCUT2D eigenvalue weighted by molar-refractivity contribution is 6.09. The lowest BCUT2D eigenvalue weighted by Gasteiger charge is -2.06. The van der Waals surface area contributed by atoms with Crippen molar-refractivity contribution in [3.8, 4) is 11.5 Å². The summed E-state index contributed by atoms with van der Waals surface area (Å²) < 4.78 is 15.0. The molecule has 8 nitrogen and oxygen atoms in total. The SMILES string of the molecule is CCOC(=O)c1c(C)[nH]c(C)c1C(=O)COC(=O)/C=C/c1ccc(O)c(OC)c1. The Labute approximate surface area is 168 Å². The van der Waals surface area contributed by atoms with E-state index in [4.69, 9.17) is 14.2 Å². The Morgan fingerprint density at radius 3 is 2.45 bits per heavy atom. The number of aryl methyl sites for hydroxylation is 2. The number of carbonyl (C=O) groups is 3. The Balaban J connectivity index is 2.06. The number of aromatic amines is 1. The molecule has 0 spiro atoms. The lowest BCUT2D eigenvalue weighted by molar-refractivity contribution is -0.136. The average molecular weight is 401 g/mol. The first-order valence-electron chi connectivity index (χ1n) is 8.89. The van der Waals surface area contributed by atoms with Crippen LogP contribution in [0.2, 0.25) is 0 Å². The normalized spacial score (nSPS) is 10.8. The molecule has 2 N–H and O–H groups in total. The standard InChI is InChI=1S/C21H23NO7/c1-5-28-21(26)20-13(3)22-12(2)19(20)16(24)11-29-18(25)9-7-14-6-8-15(23)17(10-14)27-4/h6-10,22-23H,5,11H2,1-4H3/b9-7+. The lowest BCUT2D eigenvalue weighted by atomic mass is 10.1. The van der Waals surface area contributed by atoms with Crippen molar-refractivity contribution >= 4 is 23.8 Å². The number of aromatic nitrogens is 1. The van der Waals surface area contributed by atoms with Crippen LogP contribution in [-0.2, 0) is 14.3 Å². The van der Waals surface area contributed by atoms with E-state index in [9.17, 15) is 19.5 Å². The number of ketones is 1. The van der Waals surface area contributed by atoms with Gasteiger partial charge in [-0.3, -0.25) is 4.79 Å². The predicted molar refractivity (Wildman–Crippen MR) is 105 cm³/mol. The van der Waals surface area contributed by atoms with Crippen LogP contribution in [-0.4, -0.2) is 48.1 Å². The molecule has 0 saturated heterocycles. The minimum Gasteiger partial charge on any atom is -0.504 e. The number of benzene rings is 1. The van der Waals surface area contributed by atoms with E-state index in [0.717, 1.165) is 6.08 Å². The molecule has 0 bridgehead atoms. The van der Waals surface area contributed by atoms with E-state index in [1.165, 1.54) is 19.3 Å². The maximum atomic E-state index is 12.5. The number of rotatable bonds is 8. The number of esters is 2. The molecule has 0 saturated carbocycles. The molecule has 8 heteroatoms. The molecule has 0 unspecified atom stereocenters. The van der Waals surface area contributed by atoms with E-state index in [1.54, 1.807) is 32.9 Å². The third-order valence-corrected chi connectivity index (χ3v) is 4.09. The van der Waals surface area contributed by atoms with Gasteiger partial charge in [-0.25, -0.2) is 9.59 Å². The van der Waals surface area contributed by atoms with E-state index < -0.39 is 24.3 Å². The molecule has 154 valence electrons. The summed E-state index contributed by atoms with van der Waals surface area (Å²) in [6.45, 7) is 4.65. The number of H-pyrrole nitrogens is 1. The van der Waals surface area contributed by atoms with E-state index in [-0.39, 0.29) is 29.2 Å². The Bertz CT molecular complexity index is 956. The summed E-state index contributed by atoms with van der Waals surface area (Å²) in [7, 11) is 1.41. The third kappa shape index (κ3) is 5.25. The fraction of sp³-hybridized carbons (Fsp3) is 0.286. The Kier molecular flexibility index (Phi) is 7.19. The van der Waals surface area contributed by atoms with Crippen molar-refractivity contribution in [1.29, 1.82) is 0 Å². The van der Waals surface area contributed by atoms with Crippen LogP contribution in [0.4, 0.5) is 0 Å². The van der Waals surface area contributed by atoms with Crippen LogP contribution in [0, 0.1) is 13.8 Å². The number of ether oxygens (including phenoxy) is 3. The number of carbonyl (C=O) groups excluding carboxylic acids is 3. The van der Waals surface area contributed by atoms with Crippen LogP contribution in [0.25, 0.3) is 6.08 Å². The van der Waals surface area contributed by atoms with E-state index in [2.05, 4.69) is 4.98 Å². The second kappa shape index (κ2) is 9.59.